The number of ether oxygens (including phenoxy) is 1. The first-order valence-electron chi connectivity index (χ1n) is 13.2. The third-order valence-electron chi connectivity index (χ3n) is 7.10. The van der Waals surface area contributed by atoms with Crippen LogP contribution < -0.4 is 5.32 Å². The minimum atomic E-state index is -0.514. The summed E-state index contributed by atoms with van der Waals surface area (Å²) in [6.45, 7) is 0.273. The van der Waals surface area contributed by atoms with Crippen molar-refractivity contribution >= 4 is 29.5 Å². The Hall–Kier alpha value is -4.17. The highest BCUT2D eigenvalue weighted by atomic mass is 35.5. The molecule has 0 radical (unpaired) electrons. The minimum Gasteiger partial charge on any atom is -0.449 e. The monoisotopic (exact) mass is 579 g/mol. The summed E-state index contributed by atoms with van der Waals surface area (Å²) in [7, 11) is 0. The number of fused-ring (bicyclic) bond motifs is 3. The number of aromatic nitrogens is 2. The Kier molecular flexibility index (Phi) is 8.00. The number of halogens is 1. The maximum Gasteiger partial charge on any atom is 0.407 e. The minimum absolute atomic E-state index is 0.0244. The van der Waals surface area contributed by atoms with E-state index in [1.807, 2.05) is 54.6 Å². The predicted octanol–water partition coefficient (Wildman–Crippen LogP) is 7.48. The lowest BCUT2D eigenvalue weighted by Crippen LogP contribution is -2.26. The van der Waals surface area contributed by atoms with Crippen LogP contribution in [0.4, 0.5) is 4.79 Å². The molecule has 0 atom stereocenters. The first-order valence-corrected chi connectivity index (χ1v) is 14.4. The van der Waals surface area contributed by atoms with Crippen molar-refractivity contribution in [1.82, 2.24) is 15.3 Å². The maximum atomic E-state index is 13.0. The van der Waals surface area contributed by atoms with Crippen molar-refractivity contribution in [3.8, 4) is 22.3 Å². The molecule has 1 amide bonds. The molecule has 5 aromatic rings. The van der Waals surface area contributed by atoms with E-state index < -0.39 is 6.09 Å². The van der Waals surface area contributed by atoms with Gasteiger partial charge in [-0.3, -0.25) is 4.98 Å². The number of aliphatic hydroxyl groups is 1. The van der Waals surface area contributed by atoms with Gasteiger partial charge in [-0.2, -0.15) is 0 Å². The van der Waals surface area contributed by atoms with Crippen LogP contribution in [0.2, 0.25) is 5.02 Å². The maximum absolute atomic E-state index is 13.0. The molecule has 2 N–H and O–H groups in total. The van der Waals surface area contributed by atoms with Crippen LogP contribution in [0.1, 0.15) is 28.2 Å². The number of hydrogen-bond acceptors (Lipinski definition) is 6. The van der Waals surface area contributed by atoms with Crippen LogP contribution in [-0.4, -0.2) is 27.8 Å². The SMILES string of the molecule is O=C(NCc1cc(-c2cccnc2)cc(Cl)c1Sc1ncccc1CO)OCC1c2ccccc2-c2ccccc21. The molecule has 1 aliphatic rings. The van der Waals surface area contributed by atoms with Gasteiger partial charge in [-0.25, -0.2) is 9.78 Å². The highest BCUT2D eigenvalue weighted by molar-refractivity contribution is 7.99. The fourth-order valence-electron chi connectivity index (χ4n) is 5.15. The van der Waals surface area contributed by atoms with Gasteiger partial charge in [0.05, 0.1) is 11.6 Å². The standard InChI is InChI=1S/C33H26ClN3O3S/c34-30-16-23(21-7-5-13-35-17-21)15-24(31(30)41-32-22(19-38)8-6-14-36-32)18-37-33(39)40-20-29-27-11-3-1-9-25(27)26-10-2-4-12-28(26)29/h1-17,29,38H,18-20H2,(H,37,39). The van der Waals surface area contributed by atoms with E-state index in [0.29, 0.717) is 15.6 Å². The van der Waals surface area contributed by atoms with Crippen LogP contribution >= 0.6 is 23.4 Å². The van der Waals surface area contributed by atoms with Crippen molar-refractivity contribution in [2.24, 2.45) is 0 Å². The molecule has 0 saturated heterocycles. The average molecular weight is 580 g/mol. The molecule has 0 bridgehead atoms. The van der Waals surface area contributed by atoms with Crippen molar-refractivity contribution in [2.45, 2.75) is 29.0 Å². The first-order chi connectivity index (χ1) is 20.1. The average Bonchev–Trinajstić information content (AvgIpc) is 3.34. The number of rotatable bonds is 8. The molecule has 0 unspecified atom stereocenters. The van der Waals surface area contributed by atoms with Crippen molar-refractivity contribution in [3.63, 3.8) is 0 Å². The van der Waals surface area contributed by atoms with Crippen LogP contribution in [0.25, 0.3) is 22.3 Å². The molecule has 2 aromatic heterocycles. The molecule has 204 valence electrons. The van der Waals surface area contributed by atoms with E-state index in [9.17, 15) is 9.90 Å². The van der Waals surface area contributed by atoms with Crippen LogP contribution in [0.5, 0.6) is 0 Å². The van der Waals surface area contributed by atoms with Crippen molar-refractivity contribution < 1.29 is 14.6 Å². The van der Waals surface area contributed by atoms with Gasteiger partial charge in [-0.1, -0.05) is 84.0 Å². The van der Waals surface area contributed by atoms with E-state index in [1.54, 1.807) is 24.7 Å². The Bertz CT molecular complexity index is 1670. The van der Waals surface area contributed by atoms with Gasteiger partial charge in [-0.15, -0.1) is 0 Å². The van der Waals surface area contributed by atoms with Crippen molar-refractivity contribution in [1.29, 1.82) is 0 Å². The van der Waals surface area contributed by atoms with Crippen molar-refractivity contribution in [2.75, 3.05) is 6.61 Å². The molecule has 8 heteroatoms. The zero-order chi connectivity index (χ0) is 28.2. The summed E-state index contributed by atoms with van der Waals surface area (Å²) >= 11 is 8.17. The van der Waals surface area contributed by atoms with E-state index in [1.165, 1.54) is 22.9 Å². The molecule has 41 heavy (non-hydrogen) atoms. The summed E-state index contributed by atoms with van der Waals surface area (Å²) in [4.78, 5) is 22.4. The second-order valence-electron chi connectivity index (χ2n) is 9.59. The third-order valence-corrected chi connectivity index (χ3v) is 8.76. The summed E-state index contributed by atoms with van der Waals surface area (Å²) in [5, 5.41) is 13.9. The second-order valence-corrected chi connectivity index (χ2v) is 11.0. The zero-order valence-electron chi connectivity index (χ0n) is 22.0. The molecule has 0 fully saturated rings. The van der Waals surface area contributed by atoms with Gasteiger partial charge in [0, 0.05) is 47.1 Å². The number of nitrogens with zero attached hydrogens (tertiary/aromatic N) is 2. The van der Waals surface area contributed by atoms with Crippen LogP contribution in [0, 0.1) is 0 Å². The third kappa shape index (κ3) is 5.70. The number of benzene rings is 3. The fourth-order valence-corrected chi connectivity index (χ4v) is 6.49. The van der Waals surface area contributed by atoms with E-state index >= 15 is 0 Å². The Morgan fingerprint density at radius 1 is 0.902 bits per heavy atom. The highest BCUT2D eigenvalue weighted by Crippen LogP contribution is 2.44. The van der Waals surface area contributed by atoms with Gasteiger partial charge < -0.3 is 15.2 Å². The lowest BCUT2D eigenvalue weighted by molar-refractivity contribution is 0.142. The van der Waals surface area contributed by atoms with Gasteiger partial charge in [0.25, 0.3) is 0 Å². The lowest BCUT2D eigenvalue weighted by Gasteiger charge is -2.17. The molecule has 3 aromatic carbocycles. The van der Waals surface area contributed by atoms with Crippen molar-refractivity contribution in [3.05, 3.63) is 131 Å². The number of pyridine rings is 2. The number of amides is 1. The summed E-state index contributed by atoms with van der Waals surface area (Å²) in [6.07, 6.45) is 4.64. The number of hydrogen-bond donors (Lipinski definition) is 2. The van der Waals surface area contributed by atoms with Crippen LogP contribution in [-0.2, 0) is 17.9 Å². The van der Waals surface area contributed by atoms with Gasteiger partial charge >= 0.3 is 6.09 Å². The number of carbonyl (C=O) groups is 1. The highest BCUT2D eigenvalue weighted by Gasteiger charge is 2.29. The quantitative estimate of drug-likeness (QED) is 0.198. The molecule has 0 saturated carbocycles. The van der Waals surface area contributed by atoms with E-state index in [4.69, 9.17) is 16.3 Å². The normalized spacial score (nSPS) is 12.0. The fraction of sp³-hybridized carbons (Fsp3) is 0.121. The number of carbonyl (C=O) groups excluding carboxylic acids is 1. The van der Waals surface area contributed by atoms with Gasteiger partial charge in [0.1, 0.15) is 11.6 Å². The Morgan fingerprint density at radius 2 is 1.63 bits per heavy atom. The lowest BCUT2D eigenvalue weighted by atomic mass is 9.98. The first kappa shape index (κ1) is 27.0. The number of alkyl carbamates (subject to hydrolysis) is 1. The molecule has 1 aliphatic carbocycles. The summed E-state index contributed by atoms with van der Waals surface area (Å²) in [5.41, 5.74) is 7.94. The second kappa shape index (κ2) is 12.1. The molecular formula is C33H26ClN3O3S. The van der Waals surface area contributed by atoms with E-state index in [2.05, 4.69) is 39.6 Å². The summed E-state index contributed by atoms with van der Waals surface area (Å²) in [5.74, 6) is -0.0244. The smallest absolute Gasteiger partial charge is 0.407 e. The Morgan fingerprint density at radius 3 is 2.34 bits per heavy atom. The van der Waals surface area contributed by atoms with Crippen LogP contribution in [0.15, 0.2) is 113 Å². The molecule has 0 aliphatic heterocycles. The largest absolute Gasteiger partial charge is 0.449 e. The molecular weight excluding hydrogens is 554 g/mol. The molecule has 0 spiro atoms. The zero-order valence-corrected chi connectivity index (χ0v) is 23.5. The number of aliphatic hydroxyl groups excluding tert-OH is 1. The van der Waals surface area contributed by atoms with Gasteiger partial charge in [-0.05, 0) is 57.6 Å². The van der Waals surface area contributed by atoms with E-state index in [0.717, 1.165) is 32.7 Å². The number of nitrogens with one attached hydrogen (secondary N) is 1. The molecule has 6 rings (SSSR count). The molecule has 6 nitrogen and oxygen atoms in total. The Balaban J connectivity index is 1.22. The summed E-state index contributed by atoms with van der Waals surface area (Å²) < 4.78 is 5.76. The van der Waals surface area contributed by atoms with Gasteiger partial charge in [0.15, 0.2) is 0 Å². The van der Waals surface area contributed by atoms with E-state index in [-0.39, 0.29) is 25.7 Å². The Labute approximate surface area is 247 Å². The topological polar surface area (TPSA) is 84.3 Å². The van der Waals surface area contributed by atoms with Gasteiger partial charge in [0.2, 0.25) is 0 Å². The van der Waals surface area contributed by atoms with Crippen LogP contribution in [0.3, 0.4) is 0 Å². The summed E-state index contributed by atoms with van der Waals surface area (Å²) in [6, 6.07) is 27.8. The molecule has 2 heterocycles. The predicted molar refractivity (Wildman–Crippen MR) is 161 cm³/mol.